The molecule has 1 atom stereocenters. The van der Waals surface area contributed by atoms with Crippen molar-refractivity contribution in [3.8, 4) is 0 Å². The molecule has 1 unspecified atom stereocenters. The van der Waals surface area contributed by atoms with Gasteiger partial charge in [0.15, 0.2) is 4.32 Å². The first-order valence-electron chi connectivity index (χ1n) is 5.18. The van der Waals surface area contributed by atoms with Crippen molar-refractivity contribution in [2.75, 3.05) is 6.54 Å². The van der Waals surface area contributed by atoms with E-state index in [4.69, 9.17) is 17.3 Å². The second kappa shape index (κ2) is 5.48. The van der Waals surface area contributed by atoms with Gasteiger partial charge < -0.3 is 5.11 Å². The second-order valence-electron chi connectivity index (χ2n) is 3.60. The number of aliphatic carboxylic acids is 1. The van der Waals surface area contributed by atoms with Gasteiger partial charge in [-0.05, 0) is 5.56 Å². The fourth-order valence-electron chi connectivity index (χ4n) is 1.52. The number of hydrogen-bond donors (Lipinski definition) is 2. The van der Waals surface area contributed by atoms with Crippen molar-refractivity contribution >= 4 is 34.3 Å². The summed E-state index contributed by atoms with van der Waals surface area (Å²) in [4.78, 5) is 10.5. The van der Waals surface area contributed by atoms with Gasteiger partial charge >= 0.3 is 5.97 Å². The Morgan fingerprint density at radius 2 is 2.18 bits per heavy atom. The van der Waals surface area contributed by atoms with Crippen molar-refractivity contribution in [1.82, 2.24) is 10.4 Å². The standard InChI is InChI=1S/C11H12N2O2S2/c14-9(15)6-7-13-11(16)17-10(12-13)8-4-2-1-3-5-8/h1-5,10,12H,6-7H2,(H,14,15). The molecule has 4 nitrogen and oxygen atoms in total. The number of benzene rings is 1. The maximum absolute atomic E-state index is 10.5. The Kier molecular flexibility index (Phi) is 3.98. The minimum Gasteiger partial charge on any atom is -0.481 e. The highest BCUT2D eigenvalue weighted by Crippen LogP contribution is 2.34. The Morgan fingerprint density at radius 1 is 1.47 bits per heavy atom. The molecule has 0 radical (unpaired) electrons. The van der Waals surface area contributed by atoms with E-state index < -0.39 is 5.97 Å². The molecule has 0 spiro atoms. The first kappa shape index (κ1) is 12.3. The number of rotatable bonds is 4. The molecule has 1 aliphatic rings. The van der Waals surface area contributed by atoms with Crippen molar-refractivity contribution in [3.63, 3.8) is 0 Å². The van der Waals surface area contributed by atoms with E-state index in [1.807, 2.05) is 30.3 Å². The Hall–Kier alpha value is -1.11. The molecule has 2 N–H and O–H groups in total. The van der Waals surface area contributed by atoms with Gasteiger partial charge in [-0.15, -0.1) is 0 Å². The molecule has 0 amide bonds. The highest BCUT2D eigenvalue weighted by molar-refractivity contribution is 8.23. The van der Waals surface area contributed by atoms with E-state index in [9.17, 15) is 4.79 Å². The summed E-state index contributed by atoms with van der Waals surface area (Å²) in [7, 11) is 0. The average molecular weight is 268 g/mol. The molecule has 1 saturated heterocycles. The first-order valence-corrected chi connectivity index (χ1v) is 6.46. The van der Waals surface area contributed by atoms with E-state index in [1.165, 1.54) is 11.8 Å². The van der Waals surface area contributed by atoms with Gasteiger partial charge in [0.1, 0.15) is 5.37 Å². The van der Waals surface area contributed by atoms with Crippen molar-refractivity contribution in [2.24, 2.45) is 0 Å². The summed E-state index contributed by atoms with van der Waals surface area (Å²) in [6, 6.07) is 9.95. The number of carbonyl (C=O) groups is 1. The van der Waals surface area contributed by atoms with Crippen LogP contribution in [0.2, 0.25) is 0 Å². The molecule has 0 saturated carbocycles. The summed E-state index contributed by atoms with van der Waals surface area (Å²) in [5, 5.41) is 10.4. The SMILES string of the molecule is O=C(O)CCN1NC(c2ccccc2)SC1=S. The quantitative estimate of drug-likeness (QED) is 0.815. The van der Waals surface area contributed by atoms with E-state index in [-0.39, 0.29) is 11.8 Å². The predicted molar refractivity (Wildman–Crippen MR) is 71.5 cm³/mol. The molecular formula is C11H12N2O2S2. The number of nitrogens with one attached hydrogen (secondary N) is 1. The van der Waals surface area contributed by atoms with Crippen LogP contribution in [0.25, 0.3) is 0 Å². The van der Waals surface area contributed by atoms with Crippen LogP contribution in [0.5, 0.6) is 0 Å². The number of nitrogens with zero attached hydrogens (tertiary/aromatic N) is 1. The molecular weight excluding hydrogens is 256 g/mol. The zero-order valence-corrected chi connectivity index (χ0v) is 10.6. The van der Waals surface area contributed by atoms with Crippen LogP contribution >= 0.6 is 24.0 Å². The largest absolute Gasteiger partial charge is 0.481 e. The molecule has 2 rings (SSSR count). The molecule has 17 heavy (non-hydrogen) atoms. The summed E-state index contributed by atoms with van der Waals surface area (Å²) in [6.45, 7) is 0.393. The predicted octanol–water partition coefficient (Wildman–Crippen LogP) is 2.00. The maximum atomic E-state index is 10.5. The van der Waals surface area contributed by atoms with Crippen LogP contribution in [0.15, 0.2) is 30.3 Å². The number of thiocarbonyl (C=S) groups is 1. The Morgan fingerprint density at radius 3 is 2.82 bits per heavy atom. The van der Waals surface area contributed by atoms with Gasteiger partial charge in [-0.3, -0.25) is 9.80 Å². The molecule has 1 heterocycles. The van der Waals surface area contributed by atoms with Gasteiger partial charge in [-0.2, -0.15) is 0 Å². The summed E-state index contributed by atoms with van der Waals surface area (Å²) in [6.07, 6.45) is 0.0786. The van der Waals surface area contributed by atoms with Crippen LogP contribution < -0.4 is 5.43 Å². The molecule has 1 aromatic rings. The van der Waals surface area contributed by atoms with Crippen LogP contribution in [-0.4, -0.2) is 27.0 Å². The summed E-state index contributed by atoms with van der Waals surface area (Å²) in [5.41, 5.74) is 4.34. The monoisotopic (exact) mass is 268 g/mol. The van der Waals surface area contributed by atoms with Crippen LogP contribution in [0, 0.1) is 0 Å². The minimum atomic E-state index is -0.817. The van der Waals surface area contributed by atoms with Gasteiger partial charge in [0.2, 0.25) is 0 Å². The minimum absolute atomic E-state index is 0.0786. The van der Waals surface area contributed by atoms with E-state index in [0.717, 1.165) is 5.56 Å². The van der Waals surface area contributed by atoms with Gasteiger partial charge in [-0.1, -0.05) is 54.3 Å². The smallest absolute Gasteiger partial charge is 0.305 e. The average Bonchev–Trinajstić information content (AvgIpc) is 2.69. The number of carboxylic acids is 1. The fraction of sp³-hybridized carbons (Fsp3) is 0.273. The third-order valence-electron chi connectivity index (χ3n) is 2.36. The third kappa shape index (κ3) is 3.18. The van der Waals surface area contributed by atoms with Crippen molar-refractivity contribution in [3.05, 3.63) is 35.9 Å². The lowest BCUT2D eigenvalue weighted by molar-refractivity contribution is -0.137. The summed E-state index contributed by atoms with van der Waals surface area (Å²) < 4.78 is 0.695. The topological polar surface area (TPSA) is 52.6 Å². The normalized spacial score (nSPS) is 19.6. The van der Waals surface area contributed by atoms with Gasteiger partial charge in [-0.25, -0.2) is 5.43 Å². The summed E-state index contributed by atoms with van der Waals surface area (Å²) >= 11 is 6.73. The zero-order chi connectivity index (χ0) is 12.3. The van der Waals surface area contributed by atoms with Crippen LogP contribution in [0.3, 0.4) is 0 Å². The molecule has 0 bridgehead atoms. The lowest BCUT2D eigenvalue weighted by Crippen LogP contribution is -2.36. The molecule has 6 heteroatoms. The van der Waals surface area contributed by atoms with E-state index in [1.54, 1.807) is 5.01 Å². The fourth-order valence-corrected chi connectivity index (χ4v) is 2.90. The first-order chi connectivity index (χ1) is 8.16. The van der Waals surface area contributed by atoms with Crippen molar-refractivity contribution in [1.29, 1.82) is 0 Å². The highest BCUT2D eigenvalue weighted by Gasteiger charge is 2.27. The molecule has 1 aliphatic heterocycles. The van der Waals surface area contributed by atoms with Crippen molar-refractivity contribution in [2.45, 2.75) is 11.8 Å². The second-order valence-corrected chi connectivity index (χ2v) is 5.34. The third-order valence-corrected chi connectivity index (χ3v) is 3.91. The number of hydrogen-bond acceptors (Lipinski definition) is 4. The van der Waals surface area contributed by atoms with Gasteiger partial charge in [0.25, 0.3) is 0 Å². The van der Waals surface area contributed by atoms with Crippen LogP contribution in [0.1, 0.15) is 17.4 Å². The maximum Gasteiger partial charge on any atom is 0.305 e. The van der Waals surface area contributed by atoms with E-state index in [2.05, 4.69) is 5.43 Å². The molecule has 1 aromatic carbocycles. The van der Waals surface area contributed by atoms with E-state index in [0.29, 0.717) is 10.9 Å². The number of thioether (sulfide) groups is 1. The Bertz CT molecular complexity index is 425. The van der Waals surface area contributed by atoms with Crippen LogP contribution in [-0.2, 0) is 4.79 Å². The van der Waals surface area contributed by atoms with Crippen molar-refractivity contribution < 1.29 is 9.90 Å². The van der Waals surface area contributed by atoms with Gasteiger partial charge in [0, 0.05) is 6.54 Å². The number of carboxylic acid groups (broad SMARTS) is 1. The molecule has 90 valence electrons. The number of hydrazine groups is 1. The van der Waals surface area contributed by atoms with E-state index >= 15 is 0 Å². The Labute approximate surface area is 109 Å². The van der Waals surface area contributed by atoms with Crippen LogP contribution in [0.4, 0.5) is 0 Å². The zero-order valence-electron chi connectivity index (χ0n) is 9.00. The lowest BCUT2D eigenvalue weighted by atomic mass is 10.2. The molecule has 1 fully saturated rings. The lowest BCUT2D eigenvalue weighted by Gasteiger charge is -2.17. The molecule has 0 aromatic heterocycles. The Balaban J connectivity index is 1.97. The molecule has 0 aliphatic carbocycles. The highest BCUT2D eigenvalue weighted by atomic mass is 32.2. The summed E-state index contributed by atoms with van der Waals surface area (Å²) in [5.74, 6) is -0.817. The van der Waals surface area contributed by atoms with Gasteiger partial charge in [0.05, 0.1) is 6.42 Å².